The third-order valence-electron chi connectivity index (χ3n) is 3.70. The zero-order valence-corrected chi connectivity index (χ0v) is 13.4. The summed E-state index contributed by atoms with van der Waals surface area (Å²) in [4.78, 5) is 25.7. The predicted octanol–water partition coefficient (Wildman–Crippen LogP) is 1.30. The van der Waals surface area contributed by atoms with Crippen molar-refractivity contribution in [1.82, 2.24) is 0 Å². The van der Waals surface area contributed by atoms with Crippen molar-refractivity contribution >= 4 is 17.4 Å². The summed E-state index contributed by atoms with van der Waals surface area (Å²) in [6.07, 6.45) is 0. The average molecular weight is 340 g/mol. The molecule has 2 aromatic carbocycles. The lowest BCUT2D eigenvalue weighted by Gasteiger charge is -2.25. The van der Waals surface area contributed by atoms with Crippen molar-refractivity contribution in [2.45, 2.75) is 12.3 Å². The Morgan fingerprint density at radius 1 is 1.20 bits per heavy atom. The van der Waals surface area contributed by atoms with Crippen LogP contribution in [0.25, 0.3) is 0 Å². The SMILES string of the molecule is CCOC(=O)[C@](C#N)(C(=O)c1ccccc1[NH+]([O-])O)c1ccccc1. The molecular formula is C18H16N2O5. The highest BCUT2D eigenvalue weighted by atomic mass is 16.8. The molecule has 25 heavy (non-hydrogen) atoms. The van der Waals surface area contributed by atoms with E-state index >= 15 is 0 Å². The second-order valence-corrected chi connectivity index (χ2v) is 5.13. The molecule has 0 amide bonds. The molecule has 0 aliphatic heterocycles. The van der Waals surface area contributed by atoms with Gasteiger partial charge in [-0.1, -0.05) is 42.5 Å². The summed E-state index contributed by atoms with van der Waals surface area (Å²) in [7, 11) is 0. The van der Waals surface area contributed by atoms with E-state index in [1.807, 2.05) is 0 Å². The summed E-state index contributed by atoms with van der Waals surface area (Å²) >= 11 is 0. The van der Waals surface area contributed by atoms with Gasteiger partial charge >= 0.3 is 5.97 Å². The lowest BCUT2D eigenvalue weighted by Crippen LogP contribution is -2.99. The number of hydrogen-bond acceptors (Lipinski definition) is 6. The van der Waals surface area contributed by atoms with Gasteiger partial charge in [0, 0.05) is 6.07 Å². The fourth-order valence-electron chi connectivity index (χ4n) is 2.50. The van der Waals surface area contributed by atoms with E-state index in [1.165, 1.54) is 36.4 Å². The minimum Gasteiger partial charge on any atom is -0.595 e. The van der Waals surface area contributed by atoms with E-state index in [-0.39, 0.29) is 23.4 Å². The van der Waals surface area contributed by atoms with Crippen LogP contribution >= 0.6 is 0 Å². The molecule has 0 saturated carbocycles. The smallest absolute Gasteiger partial charge is 0.339 e. The minimum absolute atomic E-state index is 0.0248. The number of ether oxygens (including phenoxy) is 1. The Morgan fingerprint density at radius 3 is 2.36 bits per heavy atom. The standard InChI is InChI=1S/C18H16N2O5/c1-2-25-17(22)18(12-19,13-8-4-3-5-9-13)16(21)14-10-6-7-11-15(14)20(23)24/h3-11,20,23H,2H2,1H3/t18-/m0/s1. The maximum Gasteiger partial charge on any atom is 0.339 e. The Kier molecular flexibility index (Phi) is 5.62. The highest BCUT2D eigenvalue weighted by Gasteiger charge is 2.51. The number of rotatable bonds is 6. The number of ketones is 1. The molecule has 0 saturated heterocycles. The molecule has 7 heteroatoms. The number of para-hydroxylation sites is 1. The fraction of sp³-hybridized carbons (Fsp3) is 0.167. The van der Waals surface area contributed by atoms with Crippen molar-refractivity contribution in [2.75, 3.05) is 6.61 Å². The first-order valence-corrected chi connectivity index (χ1v) is 7.50. The number of benzene rings is 2. The fourth-order valence-corrected chi connectivity index (χ4v) is 2.50. The largest absolute Gasteiger partial charge is 0.595 e. The maximum atomic E-state index is 13.2. The van der Waals surface area contributed by atoms with Gasteiger partial charge in [0.05, 0.1) is 18.2 Å². The zero-order chi connectivity index (χ0) is 18.4. The first-order chi connectivity index (χ1) is 12.0. The molecular weight excluding hydrogens is 324 g/mol. The molecule has 2 rings (SSSR count). The van der Waals surface area contributed by atoms with Gasteiger partial charge in [0.1, 0.15) is 0 Å². The van der Waals surface area contributed by atoms with E-state index in [0.29, 0.717) is 0 Å². The van der Waals surface area contributed by atoms with Crippen LogP contribution < -0.4 is 5.23 Å². The van der Waals surface area contributed by atoms with Crippen molar-refractivity contribution in [2.24, 2.45) is 0 Å². The molecule has 0 bridgehead atoms. The third kappa shape index (κ3) is 3.27. The van der Waals surface area contributed by atoms with Crippen molar-refractivity contribution in [3.05, 3.63) is 70.9 Å². The Bertz CT molecular complexity index is 814. The number of carbonyl (C=O) groups excluding carboxylic acids is 2. The van der Waals surface area contributed by atoms with Crippen LogP contribution in [0.4, 0.5) is 5.69 Å². The van der Waals surface area contributed by atoms with Crippen LogP contribution in [0.5, 0.6) is 0 Å². The van der Waals surface area contributed by atoms with Gasteiger partial charge in [-0.3, -0.25) is 4.79 Å². The van der Waals surface area contributed by atoms with Crippen LogP contribution in [-0.4, -0.2) is 23.6 Å². The zero-order valence-electron chi connectivity index (χ0n) is 13.4. The molecule has 0 aromatic heterocycles. The van der Waals surface area contributed by atoms with Gasteiger partial charge in [-0.05, 0) is 18.6 Å². The van der Waals surface area contributed by atoms with Gasteiger partial charge in [-0.2, -0.15) is 10.5 Å². The predicted molar refractivity (Wildman–Crippen MR) is 86.9 cm³/mol. The monoisotopic (exact) mass is 340 g/mol. The van der Waals surface area contributed by atoms with Gasteiger partial charge in [-0.25, -0.2) is 10.0 Å². The molecule has 0 spiro atoms. The van der Waals surface area contributed by atoms with Crippen LogP contribution in [0.1, 0.15) is 22.8 Å². The first kappa shape index (κ1) is 18.3. The number of Topliss-reactive ketones (excluding diaryl/α,β-unsaturated/α-hetero) is 1. The Labute approximate surface area is 144 Å². The van der Waals surface area contributed by atoms with Gasteiger partial charge in [-0.15, -0.1) is 0 Å². The molecule has 128 valence electrons. The lowest BCUT2D eigenvalue weighted by molar-refractivity contribution is -0.991. The molecule has 0 aliphatic carbocycles. The number of quaternary nitrogens is 1. The summed E-state index contributed by atoms with van der Waals surface area (Å²) in [5.74, 6) is -1.97. The summed E-state index contributed by atoms with van der Waals surface area (Å²) < 4.78 is 4.97. The minimum atomic E-state index is -2.27. The summed E-state index contributed by atoms with van der Waals surface area (Å²) in [5, 5.41) is 29.2. The quantitative estimate of drug-likeness (QED) is 0.354. The van der Waals surface area contributed by atoms with E-state index in [9.17, 15) is 25.3 Å². The first-order valence-electron chi connectivity index (χ1n) is 7.50. The Hall–Kier alpha value is -3.05. The van der Waals surface area contributed by atoms with Crippen LogP contribution in [0.15, 0.2) is 54.6 Å². The number of hydrogen-bond donors (Lipinski definition) is 2. The topological polar surface area (TPSA) is 115 Å². The summed E-state index contributed by atoms with van der Waals surface area (Å²) in [5.41, 5.74) is -2.66. The Morgan fingerprint density at radius 2 is 1.80 bits per heavy atom. The molecule has 0 fully saturated rings. The van der Waals surface area contributed by atoms with Gasteiger partial charge in [0.25, 0.3) is 0 Å². The highest BCUT2D eigenvalue weighted by Crippen LogP contribution is 2.31. The van der Waals surface area contributed by atoms with E-state index < -0.39 is 22.4 Å². The average Bonchev–Trinajstić information content (AvgIpc) is 2.63. The molecule has 0 aliphatic rings. The van der Waals surface area contributed by atoms with E-state index in [4.69, 9.17) is 4.74 Å². The summed E-state index contributed by atoms with van der Waals surface area (Å²) in [6.45, 7) is 1.53. The van der Waals surface area contributed by atoms with Gasteiger partial charge < -0.3 is 9.94 Å². The van der Waals surface area contributed by atoms with Crippen molar-refractivity contribution in [3.8, 4) is 6.07 Å². The number of nitrogens with zero attached hydrogens (tertiary/aromatic N) is 1. The van der Waals surface area contributed by atoms with Crippen LogP contribution in [0, 0.1) is 16.5 Å². The highest BCUT2D eigenvalue weighted by molar-refractivity contribution is 6.21. The van der Waals surface area contributed by atoms with Crippen molar-refractivity contribution in [3.63, 3.8) is 0 Å². The third-order valence-corrected chi connectivity index (χ3v) is 3.70. The van der Waals surface area contributed by atoms with E-state index in [2.05, 4.69) is 0 Å². The van der Waals surface area contributed by atoms with Gasteiger partial charge in [0.2, 0.25) is 11.2 Å². The molecule has 2 atom stereocenters. The van der Waals surface area contributed by atoms with Crippen molar-refractivity contribution in [1.29, 1.82) is 5.26 Å². The molecule has 7 nitrogen and oxygen atoms in total. The van der Waals surface area contributed by atoms with Crippen LogP contribution in [0.3, 0.4) is 0 Å². The van der Waals surface area contributed by atoms with Gasteiger partial charge in [0.15, 0.2) is 5.69 Å². The van der Waals surface area contributed by atoms with Crippen molar-refractivity contribution < 1.29 is 24.8 Å². The molecule has 2 N–H and O–H groups in total. The lowest BCUT2D eigenvalue weighted by atomic mass is 9.75. The number of nitrogens with one attached hydrogen (secondary N) is 1. The molecule has 1 unspecified atom stereocenters. The number of carbonyl (C=O) groups is 2. The molecule has 0 heterocycles. The Balaban J connectivity index is 2.71. The molecule has 2 aromatic rings. The molecule has 0 radical (unpaired) electrons. The maximum absolute atomic E-state index is 13.2. The summed E-state index contributed by atoms with van der Waals surface area (Å²) in [6, 6.07) is 15.0. The van der Waals surface area contributed by atoms with E-state index in [1.54, 1.807) is 31.2 Å². The number of nitriles is 1. The van der Waals surface area contributed by atoms with E-state index in [0.717, 1.165) is 0 Å². The second-order valence-electron chi connectivity index (χ2n) is 5.13. The van der Waals surface area contributed by atoms with Crippen LogP contribution in [-0.2, 0) is 14.9 Å². The second kappa shape index (κ2) is 7.68. The van der Waals surface area contributed by atoms with Crippen LogP contribution in [0.2, 0.25) is 0 Å². The normalized spacial score (nSPS) is 14.0. The number of esters is 1.